The van der Waals surface area contributed by atoms with Crippen LogP contribution in [0.15, 0.2) is 6.07 Å². The van der Waals surface area contributed by atoms with E-state index in [1.54, 1.807) is 0 Å². The van der Waals surface area contributed by atoms with Crippen LogP contribution in [0.2, 0.25) is 0 Å². The Morgan fingerprint density at radius 1 is 1.43 bits per heavy atom. The van der Waals surface area contributed by atoms with Crippen molar-refractivity contribution in [3.05, 3.63) is 17.5 Å². The third-order valence-corrected chi connectivity index (χ3v) is 2.75. The van der Waals surface area contributed by atoms with Crippen LogP contribution in [-0.2, 0) is 23.1 Å². The van der Waals surface area contributed by atoms with E-state index in [4.69, 9.17) is 0 Å². The van der Waals surface area contributed by atoms with Gasteiger partial charge in [0.25, 0.3) is 6.47 Å². The van der Waals surface area contributed by atoms with E-state index in [9.17, 15) is 4.79 Å². The lowest BCUT2D eigenvalue weighted by molar-refractivity contribution is -0.138. The minimum Gasteiger partial charge on any atom is -0.462 e. The first-order chi connectivity index (χ1) is 9.87. The molecule has 0 unspecified atom stereocenters. The van der Waals surface area contributed by atoms with Gasteiger partial charge in [-0.3, -0.25) is 9.48 Å². The Bertz CT molecular complexity index is 404. The molecule has 122 valence electrons. The van der Waals surface area contributed by atoms with Gasteiger partial charge in [0.05, 0.1) is 11.4 Å². The third kappa shape index (κ3) is 8.50. The van der Waals surface area contributed by atoms with Crippen LogP contribution in [0.3, 0.4) is 0 Å². The number of carbonyl (C=O) groups is 1. The van der Waals surface area contributed by atoms with Gasteiger partial charge in [0.15, 0.2) is 0 Å². The summed E-state index contributed by atoms with van der Waals surface area (Å²) in [6.45, 7) is 10.8. The molecule has 1 aromatic rings. The highest BCUT2D eigenvalue weighted by molar-refractivity contribution is 5.37. The van der Waals surface area contributed by atoms with Crippen molar-refractivity contribution in [2.45, 2.75) is 65.5 Å². The first kappa shape index (κ1) is 19.6. The SMILES string of the molecule is CC.CC(C)(C)OC=O.CNCc1cc(C2CC2)nn1C. The fourth-order valence-electron chi connectivity index (χ4n) is 1.60. The highest BCUT2D eigenvalue weighted by atomic mass is 16.5. The van der Waals surface area contributed by atoms with Gasteiger partial charge in [-0.2, -0.15) is 5.10 Å². The number of carbonyl (C=O) groups excluding carboxylic acids is 1. The van der Waals surface area contributed by atoms with E-state index in [1.807, 2.05) is 53.4 Å². The molecule has 5 nitrogen and oxygen atoms in total. The Morgan fingerprint density at radius 3 is 2.33 bits per heavy atom. The Morgan fingerprint density at radius 2 is 2.00 bits per heavy atom. The molecular formula is C16H31N3O2. The minimum absolute atomic E-state index is 0.318. The Labute approximate surface area is 129 Å². The minimum atomic E-state index is -0.318. The molecule has 0 bridgehead atoms. The fraction of sp³-hybridized carbons (Fsp3) is 0.750. The lowest BCUT2D eigenvalue weighted by Gasteiger charge is -2.14. The van der Waals surface area contributed by atoms with Crippen LogP contribution in [0.25, 0.3) is 0 Å². The number of hydrogen-bond donors (Lipinski definition) is 1. The van der Waals surface area contributed by atoms with Gasteiger partial charge in [0.1, 0.15) is 5.60 Å². The predicted octanol–water partition coefficient (Wildman–Crippen LogP) is 3.00. The predicted molar refractivity (Wildman–Crippen MR) is 86.2 cm³/mol. The number of aromatic nitrogens is 2. The van der Waals surface area contributed by atoms with E-state index in [0.29, 0.717) is 6.47 Å². The second kappa shape index (κ2) is 9.55. The average Bonchev–Trinajstić information content (AvgIpc) is 3.18. The van der Waals surface area contributed by atoms with Crippen LogP contribution in [0.1, 0.15) is 64.8 Å². The molecule has 0 saturated heterocycles. The molecule has 5 heteroatoms. The van der Waals surface area contributed by atoms with E-state index in [1.165, 1.54) is 24.2 Å². The standard InChI is InChI=1S/C9H15N3.C5H10O2.C2H6/c1-10-6-8-5-9(7-3-4-7)11-12(8)2;1-5(2,3)7-4-6;1-2/h5,7,10H,3-4,6H2,1-2H3;4H,1-3H3;1-2H3. The molecule has 2 rings (SSSR count). The molecule has 0 atom stereocenters. The molecule has 1 aliphatic rings. The zero-order valence-electron chi connectivity index (χ0n) is 14.6. The topological polar surface area (TPSA) is 56.1 Å². The molecule has 0 radical (unpaired) electrons. The van der Waals surface area contributed by atoms with Gasteiger partial charge in [-0.1, -0.05) is 13.8 Å². The first-order valence-corrected chi connectivity index (χ1v) is 7.66. The van der Waals surface area contributed by atoms with Crippen LogP contribution < -0.4 is 5.32 Å². The lowest BCUT2D eigenvalue weighted by atomic mass is 10.2. The number of ether oxygens (including phenoxy) is 1. The highest BCUT2D eigenvalue weighted by Crippen LogP contribution is 2.39. The lowest BCUT2D eigenvalue weighted by Crippen LogP contribution is -2.17. The van der Waals surface area contributed by atoms with Crippen LogP contribution in [0.4, 0.5) is 0 Å². The largest absolute Gasteiger partial charge is 0.462 e. The molecular weight excluding hydrogens is 266 g/mol. The van der Waals surface area contributed by atoms with Crippen molar-refractivity contribution in [3.63, 3.8) is 0 Å². The molecule has 0 amide bonds. The van der Waals surface area contributed by atoms with Gasteiger partial charge in [-0.25, -0.2) is 0 Å². The van der Waals surface area contributed by atoms with E-state index >= 15 is 0 Å². The summed E-state index contributed by atoms with van der Waals surface area (Å²) < 4.78 is 6.52. The normalized spacial score (nSPS) is 13.5. The van der Waals surface area contributed by atoms with Gasteiger partial charge in [0.2, 0.25) is 0 Å². The van der Waals surface area contributed by atoms with E-state index in [0.717, 1.165) is 12.5 Å². The Balaban J connectivity index is 0.000000385. The number of hydrogen-bond acceptors (Lipinski definition) is 4. The fourth-order valence-corrected chi connectivity index (χ4v) is 1.60. The highest BCUT2D eigenvalue weighted by Gasteiger charge is 2.26. The number of nitrogens with zero attached hydrogens (tertiary/aromatic N) is 2. The molecule has 1 fully saturated rings. The molecule has 1 heterocycles. The zero-order valence-corrected chi connectivity index (χ0v) is 14.6. The average molecular weight is 297 g/mol. The number of aryl methyl sites for hydroxylation is 1. The van der Waals surface area contributed by atoms with Gasteiger partial charge < -0.3 is 10.1 Å². The summed E-state index contributed by atoms with van der Waals surface area (Å²) in [5, 5.41) is 7.60. The van der Waals surface area contributed by atoms with Crippen molar-refractivity contribution in [3.8, 4) is 0 Å². The van der Waals surface area contributed by atoms with Gasteiger partial charge >= 0.3 is 0 Å². The van der Waals surface area contributed by atoms with Crippen LogP contribution in [-0.4, -0.2) is 28.9 Å². The zero-order chi connectivity index (χ0) is 16.5. The van der Waals surface area contributed by atoms with Crippen molar-refractivity contribution in [1.29, 1.82) is 0 Å². The van der Waals surface area contributed by atoms with Crippen molar-refractivity contribution < 1.29 is 9.53 Å². The summed E-state index contributed by atoms with van der Waals surface area (Å²) >= 11 is 0. The second-order valence-electron chi connectivity index (χ2n) is 5.82. The Kier molecular flexibility index (Phi) is 8.93. The van der Waals surface area contributed by atoms with Crippen molar-refractivity contribution in [1.82, 2.24) is 15.1 Å². The second-order valence-corrected chi connectivity index (χ2v) is 5.82. The molecule has 0 aliphatic heterocycles. The first-order valence-electron chi connectivity index (χ1n) is 7.66. The summed E-state index contributed by atoms with van der Waals surface area (Å²) in [5.41, 5.74) is 2.24. The van der Waals surface area contributed by atoms with Crippen molar-refractivity contribution in [2.24, 2.45) is 7.05 Å². The number of rotatable bonds is 4. The summed E-state index contributed by atoms with van der Waals surface area (Å²) in [6.07, 6.45) is 2.66. The van der Waals surface area contributed by atoms with Gasteiger partial charge in [-0.05, 0) is 46.7 Å². The van der Waals surface area contributed by atoms with E-state index < -0.39 is 0 Å². The summed E-state index contributed by atoms with van der Waals surface area (Å²) in [6, 6.07) is 2.22. The molecule has 1 N–H and O–H groups in total. The Hall–Kier alpha value is -1.36. The molecule has 21 heavy (non-hydrogen) atoms. The van der Waals surface area contributed by atoms with Crippen LogP contribution in [0, 0.1) is 0 Å². The molecule has 1 aromatic heterocycles. The third-order valence-electron chi connectivity index (χ3n) is 2.75. The van der Waals surface area contributed by atoms with Crippen molar-refractivity contribution in [2.75, 3.05) is 7.05 Å². The quantitative estimate of drug-likeness (QED) is 0.868. The van der Waals surface area contributed by atoms with Crippen LogP contribution >= 0.6 is 0 Å². The molecule has 0 aromatic carbocycles. The molecule has 0 spiro atoms. The van der Waals surface area contributed by atoms with E-state index in [2.05, 4.69) is 21.2 Å². The van der Waals surface area contributed by atoms with E-state index in [-0.39, 0.29) is 5.60 Å². The summed E-state index contributed by atoms with van der Waals surface area (Å²) in [7, 11) is 3.97. The van der Waals surface area contributed by atoms with Crippen LogP contribution in [0.5, 0.6) is 0 Å². The summed E-state index contributed by atoms with van der Waals surface area (Å²) in [4.78, 5) is 9.60. The maximum absolute atomic E-state index is 9.60. The maximum atomic E-state index is 9.60. The monoisotopic (exact) mass is 297 g/mol. The number of nitrogens with one attached hydrogen (secondary N) is 1. The summed E-state index contributed by atoms with van der Waals surface area (Å²) in [5.74, 6) is 0.766. The van der Waals surface area contributed by atoms with Gasteiger partial charge in [0, 0.05) is 19.5 Å². The maximum Gasteiger partial charge on any atom is 0.293 e. The smallest absolute Gasteiger partial charge is 0.293 e. The molecule has 1 saturated carbocycles. The molecule has 1 aliphatic carbocycles. The van der Waals surface area contributed by atoms with Crippen molar-refractivity contribution >= 4 is 6.47 Å². The van der Waals surface area contributed by atoms with Gasteiger partial charge in [-0.15, -0.1) is 0 Å².